The Labute approximate surface area is 333 Å². The number of halogens is 4. The summed E-state index contributed by atoms with van der Waals surface area (Å²) in [7, 11) is -0.230. The summed E-state index contributed by atoms with van der Waals surface area (Å²) in [6.45, 7) is 15.4. The molecule has 0 radical (unpaired) electrons. The summed E-state index contributed by atoms with van der Waals surface area (Å²) < 4.78 is 37.9. The molecule has 4 aromatic rings. The first kappa shape index (κ1) is 42.7. The van der Waals surface area contributed by atoms with E-state index < -0.39 is 19.7 Å². The molecule has 8 rings (SSSR count). The van der Waals surface area contributed by atoms with Crippen LogP contribution in [0, 0.1) is 13.8 Å². The summed E-state index contributed by atoms with van der Waals surface area (Å²) >= 11 is 6.75. The first-order valence-corrected chi connectivity index (χ1v) is 23.8. The van der Waals surface area contributed by atoms with Gasteiger partial charge >= 0.3 is 0 Å². The SMILES string of the molecule is CC1(O[Si](C)(C)C)CC1.CO.Cc1cc(Br)cc2c(=O)[nH]c(C3(F)CCN(C4CC4)CC3)nc12.Cc1cc(Br)cc2c(=O)[nH]c(C3(F)CCNCC3)nc12. The molecule has 0 atom stereocenters. The predicted octanol–water partition coefficient (Wildman–Crippen LogP) is 7.96. The quantitative estimate of drug-likeness (QED) is 0.148. The largest absolute Gasteiger partial charge is 0.412 e. The van der Waals surface area contributed by atoms with Gasteiger partial charge in [0.25, 0.3) is 11.1 Å². The highest BCUT2D eigenvalue weighted by Gasteiger charge is 2.43. The number of alkyl halides is 2. The lowest BCUT2D eigenvalue weighted by Gasteiger charge is -2.35. The van der Waals surface area contributed by atoms with Crippen LogP contribution < -0.4 is 16.4 Å². The van der Waals surface area contributed by atoms with Crippen molar-refractivity contribution in [2.45, 2.75) is 115 Å². The third-order valence-corrected chi connectivity index (χ3v) is 12.4. The molecule has 10 nitrogen and oxygen atoms in total. The van der Waals surface area contributed by atoms with Gasteiger partial charge in [0.1, 0.15) is 11.6 Å². The monoisotopic (exact) mass is 894 g/mol. The fourth-order valence-electron chi connectivity index (χ4n) is 7.16. The molecule has 2 aliphatic heterocycles. The molecule has 15 heteroatoms. The third-order valence-electron chi connectivity index (χ3n) is 10.3. The maximum absolute atomic E-state index is 15.4. The molecule has 2 aromatic carbocycles. The fraction of sp³-hybridized carbons (Fsp3) is 0.590. The van der Waals surface area contributed by atoms with E-state index in [1.165, 1.54) is 25.7 Å². The van der Waals surface area contributed by atoms with Crippen molar-refractivity contribution in [3.63, 3.8) is 0 Å². The lowest BCUT2D eigenvalue weighted by atomic mass is 9.92. The molecule has 4 fully saturated rings. The molecule has 0 spiro atoms. The second kappa shape index (κ2) is 17.0. The Morgan fingerprint density at radius 1 is 0.778 bits per heavy atom. The predicted molar refractivity (Wildman–Crippen MR) is 221 cm³/mol. The number of piperidine rings is 2. The molecule has 4 aliphatic rings. The van der Waals surface area contributed by atoms with E-state index in [2.05, 4.69) is 88.6 Å². The van der Waals surface area contributed by atoms with E-state index in [1.807, 2.05) is 26.0 Å². The average molecular weight is 897 g/mol. The Morgan fingerprint density at radius 3 is 1.57 bits per heavy atom. The number of rotatable bonds is 5. The minimum atomic E-state index is -1.54. The van der Waals surface area contributed by atoms with E-state index in [4.69, 9.17) is 9.53 Å². The van der Waals surface area contributed by atoms with Crippen LogP contribution >= 0.6 is 31.9 Å². The van der Waals surface area contributed by atoms with E-state index in [0.717, 1.165) is 40.3 Å². The molecule has 296 valence electrons. The topological polar surface area (TPSA) is 136 Å². The normalized spacial score (nSPS) is 20.1. The van der Waals surface area contributed by atoms with Crippen molar-refractivity contribution >= 4 is 62.0 Å². The second-order valence-corrected chi connectivity index (χ2v) is 22.4. The van der Waals surface area contributed by atoms with Crippen LogP contribution in [0.25, 0.3) is 21.8 Å². The number of H-pyrrole nitrogens is 2. The maximum atomic E-state index is 15.4. The molecule has 0 unspecified atom stereocenters. The van der Waals surface area contributed by atoms with Crippen molar-refractivity contribution in [3.05, 3.63) is 76.7 Å². The molecule has 0 bridgehead atoms. The van der Waals surface area contributed by atoms with Gasteiger partial charge in [-0.15, -0.1) is 0 Å². The lowest BCUT2D eigenvalue weighted by molar-refractivity contribution is 0.0451. The van der Waals surface area contributed by atoms with E-state index in [1.54, 1.807) is 12.1 Å². The Bertz CT molecular complexity index is 2070. The van der Waals surface area contributed by atoms with Crippen molar-refractivity contribution in [1.29, 1.82) is 0 Å². The molecule has 0 amide bonds. The number of aliphatic hydroxyl groups excluding tert-OH is 1. The van der Waals surface area contributed by atoms with Crippen molar-refractivity contribution < 1.29 is 18.3 Å². The van der Waals surface area contributed by atoms with Crippen molar-refractivity contribution in [2.24, 2.45) is 0 Å². The van der Waals surface area contributed by atoms with Gasteiger partial charge in [0, 0.05) is 60.9 Å². The number of aromatic nitrogens is 4. The highest BCUT2D eigenvalue weighted by atomic mass is 79.9. The first-order chi connectivity index (χ1) is 25.4. The third kappa shape index (κ3) is 10.5. The Morgan fingerprint density at radius 2 is 1.20 bits per heavy atom. The minimum Gasteiger partial charge on any atom is -0.412 e. The fourth-order valence-corrected chi connectivity index (χ4v) is 9.99. The standard InChI is InChI=1S/C17H19BrFN3O.C14H15BrFN3O.C7H16OSi.CH4O/c1-10-8-11(18)9-13-14(10)20-16(21-15(13)23)17(19)4-6-22(7-5-17)12-2-3-12;1-8-6-9(15)7-10-11(8)18-13(19-12(10)20)14(16)2-4-17-5-3-14;1-7(5-6-7)8-9(2,3)4;1-2/h8-9,12H,2-7H2,1H3,(H,20,21,23);6-7,17H,2-5H2,1H3,(H,18,19,20);5-6H2,1-4H3;2H,1H3. The summed E-state index contributed by atoms with van der Waals surface area (Å²) in [5, 5.41) is 11.1. The van der Waals surface area contributed by atoms with Crippen LogP contribution in [0.5, 0.6) is 0 Å². The smallest absolute Gasteiger partial charge is 0.258 e. The number of benzene rings is 2. The number of hydrogen-bond acceptors (Lipinski definition) is 8. The van der Waals surface area contributed by atoms with Gasteiger partial charge in [-0.2, -0.15) is 0 Å². The second-order valence-electron chi connectivity index (χ2n) is 16.2. The first-order valence-electron chi connectivity index (χ1n) is 18.8. The molecule has 2 aliphatic carbocycles. The van der Waals surface area contributed by atoms with Gasteiger partial charge in [-0.1, -0.05) is 31.9 Å². The summed E-state index contributed by atoms with van der Waals surface area (Å²) in [4.78, 5) is 41.1. The molecule has 2 aromatic heterocycles. The van der Waals surface area contributed by atoms with Crippen molar-refractivity contribution in [2.75, 3.05) is 33.3 Å². The molecule has 4 heterocycles. The number of aromatic amines is 2. The lowest BCUT2D eigenvalue weighted by Crippen LogP contribution is -2.42. The molecule has 2 saturated heterocycles. The number of likely N-dealkylation sites (tertiary alicyclic amines) is 1. The van der Waals surface area contributed by atoms with Crippen molar-refractivity contribution in [3.8, 4) is 0 Å². The van der Waals surface area contributed by atoms with Gasteiger partial charge in [-0.05, 0) is 115 Å². The maximum Gasteiger partial charge on any atom is 0.258 e. The van der Waals surface area contributed by atoms with Gasteiger partial charge in [-0.3, -0.25) is 9.59 Å². The van der Waals surface area contributed by atoms with Gasteiger partial charge < -0.3 is 29.7 Å². The number of nitrogens with one attached hydrogen (secondary N) is 3. The zero-order chi connectivity index (χ0) is 39.6. The molecular weight excluding hydrogens is 842 g/mol. The van der Waals surface area contributed by atoms with Gasteiger partial charge in [0.15, 0.2) is 19.7 Å². The van der Waals surface area contributed by atoms with Gasteiger partial charge in [-0.25, -0.2) is 18.7 Å². The summed E-state index contributed by atoms with van der Waals surface area (Å²) in [6, 6.07) is 7.89. The zero-order valence-electron chi connectivity index (χ0n) is 32.4. The summed E-state index contributed by atoms with van der Waals surface area (Å²) in [5.41, 5.74) is -0.432. The van der Waals surface area contributed by atoms with Crippen LogP contribution in [-0.4, -0.2) is 83.2 Å². The molecule has 4 N–H and O–H groups in total. The Hall–Kier alpha value is -2.40. The number of fused-ring (bicyclic) bond motifs is 2. The van der Waals surface area contributed by atoms with Gasteiger partial charge in [0.2, 0.25) is 0 Å². The van der Waals surface area contributed by atoms with E-state index in [0.29, 0.717) is 72.2 Å². The summed E-state index contributed by atoms with van der Waals surface area (Å²) in [6.07, 6.45) is 6.47. The number of aryl methyl sites for hydroxylation is 2. The number of aliphatic hydroxyl groups is 1. The van der Waals surface area contributed by atoms with Crippen LogP contribution in [0.4, 0.5) is 8.78 Å². The van der Waals surface area contributed by atoms with E-state index in [-0.39, 0.29) is 22.8 Å². The van der Waals surface area contributed by atoms with Crippen LogP contribution in [0.1, 0.15) is 81.1 Å². The highest BCUT2D eigenvalue weighted by molar-refractivity contribution is 9.10. The Balaban J connectivity index is 0.000000165. The number of nitrogens with zero attached hydrogens (tertiary/aromatic N) is 3. The number of hydrogen-bond donors (Lipinski definition) is 4. The average Bonchev–Trinajstić information content (AvgIpc) is 4.05. The van der Waals surface area contributed by atoms with E-state index >= 15 is 4.39 Å². The molecule has 54 heavy (non-hydrogen) atoms. The zero-order valence-corrected chi connectivity index (χ0v) is 36.6. The van der Waals surface area contributed by atoms with Crippen LogP contribution in [0.2, 0.25) is 19.6 Å². The van der Waals surface area contributed by atoms with Crippen molar-refractivity contribution in [1.82, 2.24) is 30.2 Å². The highest BCUT2D eigenvalue weighted by Crippen LogP contribution is 2.41. The van der Waals surface area contributed by atoms with Crippen LogP contribution in [0.15, 0.2) is 42.8 Å². The van der Waals surface area contributed by atoms with Crippen LogP contribution in [-0.2, 0) is 15.8 Å². The minimum absolute atomic E-state index is 0.155. The van der Waals surface area contributed by atoms with Crippen LogP contribution in [0.3, 0.4) is 0 Å². The van der Waals surface area contributed by atoms with Gasteiger partial charge in [0.05, 0.1) is 27.4 Å². The van der Waals surface area contributed by atoms with E-state index in [9.17, 15) is 14.0 Å². The molecular formula is C39H54Br2F2N6O4Si. The summed E-state index contributed by atoms with van der Waals surface area (Å²) in [5.74, 6) is 0.345. The Kier molecular flexibility index (Phi) is 13.4. The molecule has 2 saturated carbocycles.